The molecule has 0 saturated carbocycles. The number of carbonyl (C=O) groups excluding carboxylic acids is 1. The van der Waals surface area contributed by atoms with Crippen LogP contribution in [-0.4, -0.2) is 11.0 Å². The van der Waals surface area contributed by atoms with Crippen LogP contribution in [0.4, 0.5) is 5.69 Å². The molecule has 0 unspecified atom stereocenters. The predicted octanol–water partition coefficient (Wildman–Crippen LogP) is 3.47. The van der Waals surface area contributed by atoms with Gasteiger partial charge in [0.05, 0.1) is 0 Å². The molecule has 1 aromatic carbocycles. The Morgan fingerprint density at radius 2 is 2.06 bits per heavy atom. The largest absolute Gasteiger partial charge is 0.508 e. The fraction of sp³-hybridized carbons (Fsp3) is 0.500. The van der Waals surface area contributed by atoms with Crippen LogP contribution in [0.2, 0.25) is 0 Å². The van der Waals surface area contributed by atoms with E-state index in [1.807, 2.05) is 19.1 Å². The maximum Gasteiger partial charge on any atom is 0.224 e. The van der Waals surface area contributed by atoms with Gasteiger partial charge in [-0.1, -0.05) is 26.3 Å². The minimum absolute atomic E-state index is 0.00629. The van der Waals surface area contributed by atoms with Crippen molar-refractivity contribution in [2.24, 2.45) is 0 Å². The molecule has 0 saturated heterocycles. The first-order valence-electron chi connectivity index (χ1n) is 6.29. The van der Waals surface area contributed by atoms with Gasteiger partial charge in [0.25, 0.3) is 0 Å². The van der Waals surface area contributed by atoms with Gasteiger partial charge in [0.2, 0.25) is 5.91 Å². The Morgan fingerprint density at radius 3 is 2.65 bits per heavy atom. The molecule has 1 amide bonds. The van der Waals surface area contributed by atoms with Gasteiger partial charge in [-0.05, 0) is 30.9 Å². The summed E-state index contributed by atoms with van der Waals surface area (Å²) in [7, 11) is 0. The summed E-state index contributed by atoms with van der Waals surface area (Å²) >= 11 is 0. The van der Waals surface area contributed by atoms with Crippen LogP contribution in [0.3, 0.4) is 0 Å². The highest BCUT2D eigenvalue weighted by atomic mass is 16.3. The number of phenolic OH excluding ortho intramolecular Hbond substituents is 1. The van der Waals surface area contributed by atoms with E-state index in [2.05, 4.69) is 12.2 Å². The molecule has 0 radical (unpaired) electrons. The molecule has 2 N–H and O–H groups in total. The van der Waals surface area contributed by atoms with Crippen molar-refractivity contribution in [1.82, 2.24) is 0 Å². The molecule has 0 heterocycles. The zero-order valence-corrected chi connectivity index (χ0v) is 10.6. The normalized spacial score (nSPS) is 10.2. The van der Waals surface area contributed by atoms with Gasteiger partial charge in [-0.2, -0.15) is 0 Å². The van der Waals surface area contributed by atoms with Gasteiger partial charge in [0, 0.05) is 18.2 Å². The van der Waals surface area contributed by atoms with Crippen molar-refractivity contribution < 1.29 is 9.90 Å². The highest BCUT2D eigenvalue weighted by Gasteiger charge is 2.05. The lowest BCUT2D eigenvalue weighted by Crippen LogP contribution is -2.10. The fourth-order valence-electron chi connectivity index (χ4n) is 1.67. The van der Waals surface area contributed by atoms with E-state index < -0.39 is 0 Å². The molecule has 1 rings (SSSR count). The van der Waals surface area contributed by atoms with E-state index in [1.54, 1.807) is 6.07 Å². The molecule has 0 bridgehead atoms. The van der Waals surface area contributed by atoms with Gasteiger partial charge in [-0.3, -0.25) is 4.79 Å². The molecule has 0 aromatic heterocycles. The molecule has 0 spiro atoms. The lowest BCUT2D eigenvalue weighted by molar-refractivity contribution is -0.116. The van der Waals surface area contributed by atoms with E-state index in [-0.39, 0.29) is 11.7 Å². The van der Waals surface area contributed by atoms with Crippen molar-refractivity contribution in [3.8, 4) is 5.75 Å². The summed E-state index contributed by atoms with van der Waals surface area (Å²) in [5, 5.41) is 12.6. The minimum atomic E-state index is -0.00629. The van der Waals surface area contributed by atoms with Crippen LogP contribution in [0.5, 0.6) is 5.75 Å². The van der Waals surface area contributed by atoms with E-state index in [4.69, 9.17) is 0 Å². The molecule has 17 heavy (non-hydrogen) atoms. The molecule has 0 atom stereocenters. The van der Waals surface area contributed by atoms with Crippen LogP contribution in [0.15, 0.2) is 18.2 Å². The summed E-state index contributed by atoms with van der Waals surface area (Å²) in [6, 6.07) is 5.35. The number of aromatic hydroxyl groups is 1. The molecule has 3 nitrogen and oxygen atoms in total. The maximum absolute atomic E-state index is 11.4. The Kier molecular flexibility index (Phi) is 5.53. The second kappa shape index (κ2) is 6.94. The molecule has 94 valence electrons. The Labute approximate surface area is 103 Å². The highest BCUT2D eigenvalue weighted by molar-refractivity contribution is 5.90. The van der Waals surface area contributed by atoms with Gasteiger partial charge in [0.1, 0.15) is 5.75 Å². The van der Waals surface area contributed by atoms with Crippen LogP contribution >= 0.6 is 0 Å². The topological polar surface area (TPSA) is 49.3 Å². The average Bonchev–Trinajstić information content (AvgIpc) is 2.28. The number of unbranched alkanes of at least 4 members (excludes halogenated alkanes) is 1. The minimum Gasteiger partial charge on any atom is -0.508 e. The lowest BCUT2D eigenvalue weighted by atomic mass is 10.1. The van der Waals surface area contributed by atoms with Crippen LogP contribution < -0.4 is 5.32 Å². The first-order chi connectivity index (χ1) is 8.17. The Morgan fingerprint density at radius 1 is 1.29 bits per heavy atom. The fourth-order valence-corrected chi connectivity index (χ4v) is 1.67. The van der Waals surface area contributed by atoms with Crippen LogP contribution in [0, 0.1) is 0 Å². The lowest BCUT2D eigenvalue weighted by Gasteiger charge is -2.08. The summed E-state index contributed by atoms with van der Waals surface area (Å²) in [6.45, 7) is 4.08. The van der Waals surface area contributed by atoms with Crippen molar-refractivity contribution in [1.29, 1.82) is 0 Å². The number of hydrogen-bond acceptors (Lipinski definition) is 2. The molecule has 1 aromatic rings. The third-order valence-corrected chi connectivity index (χ3v) is 2.65. The second-order valence-electron chi connectivity index (χ2n) is 4.25. The van der Waals surface area contributed by atoms with Crippen molar-refractivity contribution in [3.63, 3.8) is 0 Å². The molecule has 3 heteroatoms. The first-order valence-corrected chi connectivity index (χ1v) is 6.29. The summed E-state index contributed by atoms with van der Waals surface area (Å²) in [5.41, 5.74) is 1.61. The number of anilines is 1. The van der Waals surface area contributed by atoms with Gasteiger partial charge < -0.3 is 10.4 Å². The number of carbonyl (C=O) groups is 1. The van der Waals surface area contributed by atoms with Crippen molar-refractivity contribution in [3.05, 3.63) is 23.8 Å². The number of nitrogens with one attached hydrogen (secondary N) is 1. The molecule has 0 aliphatic carbocycles. The van der Waals surface area contributed by atoms with Crippen LogP contribution in [-0.2, 0) is 11.2 Å². The van der Waals surface area contributed by atoms with Crippen molar-refractivity contribution in [2.45, 2.75) is 46.0 Å². The highest BCUT2D eigenvalue weighted by Crippen LogP contribution is 2.23. The zero-order chi connectivity index (χ0) is 12.7. The van der Waals surface area contributed by atoms with Crippen molar-refractivity contribution in [2.75, 3.05) is 5.32 Å². The van der Waals surface area contributed by atoms with Crippen LogP contribution in [0.1, 0.15) is 45.1 Å². The number of hydrogen-bond donors (Lipinski definition) is 2. The summed E-state index contributed by atoms with van der Waals surface area (Å²) in [5.74, 6) is 0.265. The van der Waals surface area contributed by atoms with Gasteiger partial charge in [-0.25, -0.2) is 0 Å². The number of phenols is 1. The van der Waals surface area contributed by atoms with Gasteiger partial charge >= 0.3 is 0 Å². The molecular formula is C14H21NO2. The maximum atomic E-state index is 11.4. The third-order valence-electron chi connectivity index (χ3n) is 2.65. The van der Waals surface area contributed by atoms with Gasteiger partial charge in [-0.15, -0.1) is 0 Å². The molecule has 0 fully saturated rings. The summed E-state index contributed by atoms with van der Waals surface area (Å²) < 4.78 is 0. The third kappa shape index (κ3) is 4.47. The standard InChI is InChI=1S/C14H21NO2/c1-3-5-7-11-8-9-12(10-13(11)16)15-14(17)6-4-2/h8-10,16H,3-7H2,1-2H3,(H,15,17). The smallest absolute Gasteiger partial charge is 0.224 e. The predicted molar refractivity (Wildman–Crippen MR) is 70.3 cm³/mol. The Hall–Kier alpha value is -1.51. The average molecular weight is 235 g/mol. The quantitative estimate of drug-likeness (QED) is 0.793. The molecule has 0 aliphatic heterocycles. The van der Waals surface area contributed by atoms with Crippen molar-refractivity contribution >= 4 is 11.6 Å². The van der Waals surface area contributed by atoms with Crippen LogP contribution in [0.25, 0.3) is 0 Å². The van der Waals surface area contributed by atoms with Gasteiger partial charge in [0.15, 0.2) is 0 Å². The van der Waals surface area contributed by atoms with E-state index in [9.17, 15) is 9.90 Å². The van der Waals surface area contributed by atoms with E-state index in [1.165, 1.54) is 0 Å². The Balaban J connectivity index is 2.64. The molecule has 0 aliphatic rings. The van der Waals surface area contributed by atoms with E-state index in [0.29, 0.717) is 12.1 Å². The molecular weight excluding hydrogens is 214 g/mol. The first kappa shape index (κ1) is 13.6. The summed E-state index contributed by atoms with van der Waals surface area (Å²) in [4.78, 5) is 11.4. The van der Waals surface area contributed by atoms with E-state index >= 15 is 0 Å². The monoisotopic (exact) mass is 235 g/mol. The van der Waals surface area contributed by atoms with E-state index in [0.717, 1.165) is 31.2 Å². The Bertz CT molecular complexity index is 374. The zero-order valence-electron chi connectivity index (χ0n) is 10.6. The number of aryl methyl sites for hydroxylation is 1. The number of benzene rings is 1. The second-order valence-corrected chi connectivity index (χ2v) is 4.25. The number of rotatable bonds is 6. The summed E-state index contributed by atoms with van der Waals surface area (Å²) in [6.07, 6.45) is 4.39. The number of amides is 1. The SMILES string of the molecule is CCCCc1ccc(NC(=O)CCC)cc1O.